The molecule has 114 valence electrons. The zero-order chi connectivity index (χ0) is 15.4. The molecule has 1 saturated heterocycles. The fraction of sp³-hybridized carbons (Fsp3) is 0.571. The number of rotatable bonds is 4. The highest BCUT2D eigenvalue weighted by molar-refractivity contribution is 5.87. The first kappa shape index (κ1) is 15.4. The lowest BCUT2D eigenvalue weighted by Crippen LogP contribution is -2.57. The van der Waals surface area contributed by atoms with Crippen molar-refractivity contribution in [2.75, 3.05) is 26.8 Å². The SMILES string of the molecule is CCN1CC([N+](=O)[O-])C(=NC(C)c2cccnc2)N(C)C1. The van der Waals surface area contributed by atoms with Crippen LogP contribution in [-0.4, -0.2) is 58.4 Å². The van der Waals surface area contributed by atoms with E-state index >= 15 is 0 Å². The summed E-state index contributed by atoms with van der Waals surface area (Å²) >= 11 is 0. The average Bonchev–Trinajstić information content (AvgIpc) is 2.49. The van der Waals surface area contributed by atoms with Crippen LogP contribution in [0.1, 0.15) is 25.5 Å². The van der Waals surface area contributed by atoms with Gasteiger partial charge in [-0.3, -0.25) is 25.0 Å². The molecule has 0 spiro atoms. The van der Waals surface area contributed by atoms with Gasteiger partial charge in [0.1, 0.15) is 0 Å². The molecule has 2 atom stereocenters. The standard InChI is InChI=1S/C14H21N5O2/c1-4-18-9-13(19(20)21)14(17(3)10-18)16-11(2)12-6-5-7-15-8-12/h5-8,11,13H,4,9-10H2,1-3H3. The number of hydrogen-bond donors (Lipinski definition) is 0. The minimum Gasteiger partial charge on any atom is -0.345 e. The Morgan fingerprint density at radius 2 is 2.38 bits per heavy atom. The van der Waals surface area contributed by atoms with Crippen molar-refractivity contribution in [2.24, 2.45) is 4.99 Å². The summed E-state index contributed by atoms with van der Waals surface area (Å²) < 4.78 is 0. The van der Waals surface area contributed by atoms with E-state index in [0.717, 1.165) is 12.1 Å². The van der Waals surface area contributed by atoms with Gasteiger partial charge in [0, 0.05) is 24.4 Å². The van der Waals surface area contributed by atoms with Crippen LogP contribution >= 0.6 is 0 Å². The summed E-state index contributed by atoms with van der Waals surface area (Å²) in [5, 5.41) is 11.3. The maximum Gasteiger partial charge on any atom is 0.281 e. The minimum absolute atomic E-state index is 0.147. The molecule has 7 nitrogen and oxygen atoms in total. The fourth-order valence-corrected chi connectivity index (χ4v) is 2.48. The highest BCUT2D eigenvalue weighted by atomic mass is 16.6. The summed E-state index contributed by atoms with van der Waals surface area (Å²) in [6.45, 7) is 5.80. The molecular weight excluding hydrogens is 270 g/mol. The van der Waals surface area contributed by atoms with Crippen molar-refractivity contribution in [3.05, 3.63) is 40.2 Å². The van der Waals surface area contributed by atoms with E-state index in [0.29, 0.717) is 19.0 Å². The molecule has 1 aromatic rings. The summed E-state index contributed by atoms with van der Waals surface area (Å²) in [6.07, 6.45) is 3.45. The van der Waals surface area contributed by atoms with Crippen molar-refractivity contribution < 1.29 is 4.92 Å². The minimum atomic E-state index is -0.775. The van der Waals surface area contributed by atoms with Gasteiger partial charge < -0.3 is 4.90 Å². The van der Waals surface area contributed by atoms with E-state index in [1.165, 1.54) is 0 Å². The van der Waals surface area contributed by atoms with E-state index in [-0.39, 0.29) is 11.0 Å². The predicted molar refractivity (Wildman–Crippen MR) is 80.7 cm³/mol. The summed E-state index contributed by atoms with van der Waals surface area (Å²) in [7, 11) is 1.85. The summed E-state index contributed by atoms with van der Waals surface area (Å²) in [5.41, 5.74) is 0.957. The van der Waals surface area contributed by atoms with Crippen LogP contribution in [0.4, 0.5) is 0 Å². The van der Waals surface area contributed by atoms with Crippen LogP contribution < -0.4 is 0 Å². The first-order valence-corrected chi connectivity index (χ1v) is 7.07. The van der Waals surface area contributed by atoms with E-state index in [2.05, 4.69) is 9.98 Å². The molecule has 0 amide bonds. The molecule has 1 aliphatic rings. The van der Waals surface area contributed by atoms with E-state index < -0.39 is 6.04 Å². The number of likely N-dealkylation sites (N-methyl/N-ethyl adjacent to an activating group) is 2. The molecule has 1 aromatic heterocycles. The highest BCUT2D eigenvalue weighted by Gasteiger charge is 2.37. The van der Waals surface area contributed by atoms with Crippen LogP contribution in [-0.2, 0) is 0 Å². The lowest BCUT2D eigenvalue weighted by Gasteiger charge is -2.36. The normalized spacial score (nSPS) is 23.3. The second kappa shape index (κ2) is 6.62. The zero-order valence-corrected chi connectivity index (χ0v) is 12.6. The Labute approximate surface area is 124 Å². The van der Waals surface area contributed by atoms with Gasteiger partial charge in [0.15, 0.2) is 5.84 Å². The van der Waals surface area contributed by atoms with E-state index in [1.807, 2.05) is 42.8 Å². The van der Waals surface area contributed by atoms with Crippen molar-refractivity contribution >= 4 is 5.84 Å². The average molecular weight is 291 g/mol. The summed E-state index contributed by atoms with van der Waals surface area (Å²) in [4.78, 5) is 23.7. The van der Waals surface area contributed by atoms with Crippen LogP contribution in [0.5, 0.6) is 0 Å². The van der Waals surface area contributed by atoms with Gasteiger partial charge in [-0.05, 0) is 25.1 Å². The Morgan fingerprint density at radius 1 is 1.62 bits per heavy atom. The second-order valence-corrected chi connectivity index (χ2v) is 5.26. The van der Waals surface area contributed by atoms with Crippen molar-refractivity contribution in [3.63, 3.8) is 0 Å². The Balaban J connectivity index is 2.26. The quantitative estimate of drug-likeness (QED) is 0.619. The zero-order valence-electron chi connectivity index (χ0n) is 12.6. The molecule has 7 heteroatoms. The molecule has 0 N–H and O–H groups in total. The van der Waals surface area contributed by atoms with Gasteiger partial charge in [0.2, 0.25) is 0 Å². The van der Waals surface area contributed by atoms with Gasteiger partial charge in [0.25, 0.3) is 6.04 Å². The number of amidine groups is 1. The number of nitrogens with zero attached hydrogens (tertiary/aromatic N) is 5. The number of nitro groups is 1. The third-order valence-electron chi connectivity index (χ3n) is 3.73. The molecule has 0 saturated carbocycles. The molecule has 2 rings (SSSR count). The number of hydrogen-bond acceptors (Lipinski definition) is 5. The van der Waals surface area contributed by atoms with Crippen molar-refractivity contribution in [1.82, 2.24) is 14.8 Å². The molecule has 2 unspecified atom stereocenters. The van der Waals surface area contributed by atoms with Gasteiger partial charge in [-0.25, -0.2) is 0 Å². The third kappa shape index (κ3) is 3.55. The monoisotopic (exact) mass is 291 g/mol. The maximum atomic E-state index is 11.3. The number of pyridine rings is 1. The van der Waals surface area contributed by atoms with Crippen LogP contribution in [0.2, 0.25) is 0 Å². The molecule has 1 aliphatic heterocycles. The van der Waals surface area contributed by atoms with Crippen molar-refractivity contribution in [1.29, 1.82) is 0 Å². The van der Waals surface area contributed by atoms with Crippen molar-refractivity contribution in [3.8, 4) is 0 Å². The molecule has 0 aromatic carbocycles. The topological polar surface area (TPSA) is 74.9 Å². The number of aliphatic imine (C=N–C) groups is 1. The van der Waals surface area contributed by atoms with Gasteiger partial charge in [-0.15, -0.1) is 0 Å². The van der Waals surface area contributed by atoms with E-state index in [4.69, 9.17) is 0 Å². The van der Waals surface area contributed by atoms with E-state index in [9.17, 15) is 10.1 Å². The number of aromatic nitrogens is 1. The summed E-state index contributed by atoms with van der Waals surface area (Å²) in [6, 6.07) is 2.86. The molecule has 21 heavy (non-hydrogen) atoms. The molecule has 2 heterocycles. The second-order valence-electron chi connectivity index (χ2n) is 5.26. The first-order chi connectivity index (χ1) is 10.0. The Bertz CT molecular complexity index is 519. The first-order valence-electron chi connectivity index (χ1n) is 7.07. The van der Waals surface area contributed by atoms with Crippen LogP contribution in [0.25, 0.3) is 0 Å². The Hall–Kier alpha value is -2.02. The lowest BCUT2D eigenvalue weighted by atomic mass is 10.1. The third-order valence-corrected chi connectivity index (χ3v) is 3.73. The Morgan fingerprint density at radius 3 is 2.95 bits per heavy atom. The molecule has 0 bridgehead atoms. The van der Waals surface area contributed by atoms with Gasteiger partial charge in [0.05, 0.1) is 19.3 Å². The maximum absolute atomic E-state index is 11.3. The smallest absolute Gasteiger partial charge is 0.281 e. The van der Waals surface area contributed by atoms with Gasteiger partial charge in [-0.2, -0.15) is 0 Å². The molecule has 0 radical (unpaired) electrons. The highest BCUT2D eigenvalue weighted by Crippen LogP contribution is 2.19. The van der Waals surface area contributed by atoms with E-state index in [1.54, 1.807) is 12.4 Å². The Kier molecular flexibility index (Phi) is 4.85. The fourth-order valence-electron chi connectivity index (χ4n) is 2.48. The molecular formula is C14H21N5O2. The van der Waals surface area contributed by atoms with Crippen LogP contribution in [0, 0.1) is 10.1 Å². The van der Waals surface area contributed by atoms with Gasteiger partial charge in [-0.1, -0.05) is 13.0 Å². The predicted octanol–water partition coefficient (Wildman–Crippen LogP) is 1.41. The largest absolute Gasteiger partial charge is 0.345 e. The van der Waals surface area contributed by atoms with Crippen molar-refractivity contribution in [2.45, 2.75) is 25.9 Å². The van der Waals surface area contributed by atoms with Crippen LogP contribution in [0.15, 0.2) is 29.5 Å². The molecule has 0 aliphatic carbocycles. The molecule has 1 fully saturated rings. The van der Waals surface area contributed by atoms with Gasteiger partial charge >= 0.3 is 0 Å². The lowest BCUT2D eigenvalue weighted by molar-refractivity contribution is -0.506. The summed E-state index contributed by atoms with van der Waals surface area (Å²) in [5.74, 6) is 0.543. The van der Waals surface area contributed by atoms with Crippen LogP contribution in [0.3, 0.4) is 0 Å².